The second kappa shape index (κ2) is 4.63. The Morgan fingerprint density at radius 2 is 1.88 bits per heavy atom. The van der Waals surface area contributed by atoms with Gasteiger partial charge in [-0.05, 0) is 17.7 Å². The summed E-state index contributed by atoms with van der Waals surface area (Å²) in [5.41, 5.74) is 2.30. The molecule has 2 rings (SSSR count). The van der Waals surface area contributed by atoms with Crippen LogP contribution in [0.1, 0.15) is 5.56 Å². The zero-order valence-corrected chi connectivity index (χ0v) is 9.89. The van der Waals surface area contributed by atoms with E-state index in [0.29, 0.717) is 5.56 Å². The van der Waals surface area contributed by atoms with E-state index in [0.717, 1.165) is 11.1 Å². The zero-order valence-electron chi connectivity index (χ0n) is 9.07. The van der Waals surface area contributed by atoms with Crippen LogP contribution in [0.15, 0.2) is 43.0 Å². The molecule has 0 aliphatic rings. The fraction of sp³-hybridized carbons (Fsp3) is 0.0833. The first-order valence-electron chi connectivity index (χ1n) is 4.95. The monoisotopic (exact) mass is 247 g/mol. The molecular weight excluding hydrogens is 236 g/mol. The number of aromatic nitrogens is 2. The molecule has 0 aliphatic carbocycles. The summed E-state index contributed by atoms with van der Waals surface area (Å²) in [5.74, 6) is -0.0975. The van der Waals surface area contributed by atoms with Gasteiger partial charge in [0, 0.05) is 35.9 Å². The van der Waals surface area contributed by atoms with E-state index < -0.39 is 9.84 Å². The number of sulfone groups is 1. The predicted octanol–water partition coefficient (Wildman–Crippen LogP) is 1.85. The van der Waals surface area contributed by atoms with Crippen molar-refractivity contribution < 1.29 is 8.42 Å². The molecule has 0 atom stereocenters. The Morgan fingerprint density at radius 1 is 1.12 bits per heavy atom. The normalized spacial score (nSPS) is 11.4. The van der Waals surface area contributed by atoms with E-state index in [2.05, 4.69) is 16.2 Å². The summed E-state index contributed by atoms with van der Waals surface area (Å²) in [6.07, 6.45) is 9.68. The van der Waals surface area contributed by atoms with Crippen LogP contribution in [0, 0.1) is 6.26 Å². The van der Waals surface area contributed by atoms with E-state index >= 15 is 0 Å². The van der Waals surface area contributed by atoms with Crippen molar-refractivity contribution >= 4 is 9.84 Å². The maximum Gasteiger partial charge on any atom is 0.155 e. The van der Waals surface area contributed by atoms with Gasteiger partial charge in [-0.2, -0.15) is 0 Å². The highest BCUT2D eigenvalue weighted by molar-refractivity contribution is 7.91. The molecule has 0 N–H and O–H groups in total. The molecule has 0 spiro atoms. The van der Waals surface area contributed by atoms with Crippen LogP contribution in [0.4, 0.5) is 0 Å². The minimum absolute atomic E-state index is 0.0975. The van der Waals surface area contributed by atoms with E-state index in [1.165, 1.54) is 0 Å². The molecule has 2 heterocycles. The molecule has 0 fully saturated rings. The van der Waals surface area contributed by atoms with Crippen molar-refractivity contribution in [3.63, 3.8) is 0 Å². The number of rotatable bonds is 3. The maximum atomic E-state index is 11.2. The predicted molar refractivity (Wildman–Crippen MR) is 65.4 cm³/mol. The number of hydrogen-bond acceptors (Lipinski definition) is 4. The lowest BCUT2D eigenvalue weighted by atomic mass is 10.1. The summed E-state index contributed by atoms with van der Waals surface area (Å²) in [6, 6.07) is 5.35. The highest BCUT2D eigenvalue weighted by Crippen LogP contribution is 2.23. The summed E-state index contributed by atoms with van der Waals surface area (Å²) in [4.78, 5) is 8.01. The second-order valence-electron chi connectivity index (χ2n) is 3.66. The van der Waals surface area contributed by atoms with Gasteiger partial charge in [-0.3, -0.25) is 9.97 Å². The molecule has 0 bridgehead atoms. The first-order valence-corrected chi connectivity index (χ1v) is 6.77. The highest BCUT2D eigenvalue weighted by Gasteiger charge is 2.10. The van der Waals surface area contributed by atoms with Crippen LogP contribution in [-0.2, 0) is 15.6 Å². The molecule has 17 heavy (non-hydrogen) atoms. The Bertz CT molecular complexity index is 609. The molecule has 0 unspecified atom stereocenters. The largest absolute Gasteiger partial charge is 0.264 e. The van der Waals surface area contributed by atoms with Gasteiger partial charge in [-0.1, -0.05) is 6.07 Å². The fourth-order valence-electron chi connectivity index (χ4n) is 1.57. The first-order chi connectivity index (χ1) is 8.06. The quantitative estimate of drug-likeness (QED) is 0.830. The van der Waals surface area contributed by atoms with Gasteiger partial charge in [0.1, 0.15) is 0 Å². The van der Waals surface area contributed by atoms with Gasteiger partial charge in [-0.25, -0.2) is 8.42 Å². The van der Waals surface area contributed by atoms with Crippen molar-refractivity contribution in [2.75, 3.05) is 0 Å². The van der Waals surface area contributed by atoms with E-state index in [4.69, 9.17) is 0 Å². The molecule has 0 saturated heterocycles. The maximum absolute atomic E-state index is 11.2. The van der Waals surface area contributed by atoms with Crippen molar-refractivity contribution in [2.24, 2.45) is 0 Å². The average Bonchev–Trinajstić information content (AvgIpc) is 2.29. The van der Waals surface area contributed by atoms with Crippen LogP contribution in [0.3, 0.4) is 0 Å². The zero-order chi connectivity index (χ0) is 12.3. The second-order valence-corrected chi connectivity index (χ2v) is 5.44. The van der Waals surface area contributed by atoms with Crippen molar-refractivity contribution in [3.05, 3.63) is 54.8 Å². The third kappa shape index (κ3) is 3.10. The molecule has 0 aliphatic heterocycles. The van der Waals surface area contributed by atoms with Crippen molar-refractivity contribution in [3.8, 4) is 11.1 Å². The van der Waals surface area contributed by atoms with Gasteiger partial charge in [0.25, 0.3) is 0 Å². The number of hydrogen-bond donors (Lipinski definition) is 0. The van der Waals surface area contributed by atoms with Crippen LogP contribution >= 0.6 is 0 Å². The third-order valence-electron chi connectivity index (χ3n) is 2.26. The van der Waals surface area contributed by atoms with Gasteiger partial charge >= 0.3 is 0 Å². The van der Waals surface area contributed by atoms with Crippen molar-refractivity contribution in [2.45, 2.75) is 5.75 Å². The third-order valence-corrected chi connectivity index (χ3v) is 3.01. The molecule has 2 aromatic heterocycles. The standard InChI is InChI=1S/C12H11N2O2S/c1-17(15,16)9-11-4-6-14-8-12(11)10-3-2-5-13-7-10/h2-8H,1,9H2. The van der Waals surface area contributed by atoms with Crippen LogP contribution in [0.2, 0.25) is 0 Å². The SMILES string of the molecule is [CH2]S(=O)(=O)Cc1ccncc1-c1cccnc1. The Kier molecular flexibility index (Phi) is 3.19. The van der Waals surface area contributed by atoms with Crippen LogP contribution in [0.5, 0.6) is 0 Å². The number of nitrogens with zero attached hydrogens (tertiary/aromatic N) is 2. The van der Waals surface area contributed by atoms with Crippen molar-refractivity contribution in [1.29, 1.82) is 0 Å². The van der Waals surface area contributed by atoms with Gasteiger partial charge in [-0.15, -0.1) is 0 Å². The molecule has 5 heteroatoms. The first kappa shape index (κ1) is 11.7. The highest BCUT2D eigenvalue weighted by atomic mass is 32.2. The molecular formula is C12H11N2O2S. The van der Waals surface area contributed by atoms with Crippen molar-refractivity contribution in [1.82, 2.24) is 9.97 Å². The summed E-state index contributed by atoms with van der Waals surface area (Å²) in [6.45, 7) is 0. The molecule has 0 amide bonds. The molecule has 2 aromatic rings. The lowest BCUT2D eigenvalue weighted by molar-refractivity contribution is 0.603. The Balaban J connectivity index is 2.49. The minimum Gasteiger partial charge on any atom is -0.264 e. The lowest BCUT2D eigenvalue weighted by Crippen LogP contribution is -2.00. The molecule has 4 nitrogen and oxygen atoms in total. The summed E-state index contributed by atoms with van der Waals surface area (Å²) < 4.78 is 22.5. The minimum atomic E-state index is -3.31. The Hall–Kier alpha value is -1.75. The molecule has 87 valence electrons. The summed E-state index contributed by atoms with van der Waals surface area (Å²) in [7, 11) is -3.31. The lowest BCUT2D eigenvalue weighted by Gasteiger charge is -2.07. The summed E-state index contributed by atoms with van der Waals surface area (Å²) in [5, 5.41) is 0. The van der Waals surface area contributed by atoms with Crippen LogP contribution < -0.4 is 0 Å². The number of pyridine rings is 2. The van der Waals surface area contributed by atoms with Crippen LogP contribution in [-0.4, -0.2) is 18.4 Å². The fourth-order valence-corrected chi connectivity index (χ4v) is 2.29. The van der Waals surface area contributed by atoms with Gasteiger partial charge < -0.3 is 0 Å². The van der Waals surface area contributed by atoms with E-state index in [1.807, 2.05) is 6.07 Å². The summed E-state index contributed by atoms with van der Waals surface area (Å²) >= 11 is 0. The van der Waals surface area contributed by atoms with Gasteiger partial charge in [0.2, 0.25) is 0 Å². The van der Waals surface area contributed by atoms with E-state index in [-0.39, 0.29) is 5.75 Å². The Morgan fingerprint density at radius 3 is 2.53 bits per heavy atom. The molecule has 1 radical (unpaired) electrons. The molecule has 0 aromatic carbocycles. The van der Waals surface area contributed by atoms with E-state index in [1.54, 1.807) is 36.9 Å². The average molecular weight is 247 g/mol. The van der Waals surface area contributed by atoms with Gasteiger partial charge in [0.05, 0.1) is 12.0 Å². The Labute approximate surface area is 100 Å². The van der Waals surface area contributed by atoms with E-state index in [9.17, 15) is 8.42 Å². The van der Waals surface area contributed by atoms with Crippen LogP contribution in [0.25, 0.3) is 11.1 Å². The topological polar surface area (TPSA) is 59.9 Å². The smallest absolute Gasteiger partial charge is 0.155 e. The molecule has 0 saturated carbocycles. The van der Waals surface area contributed by atoms with Gasteiger partial charge in [0.15, 0.2) is 9.84 Å².